The molecule has 0 spiro atoms. The van der Waals surface area contributed by atoms with Crippen molar-refractivity contribution in [2.75, 3.05) is 19.0 Å². The van der Waals surface area contributed by atoms with E-state index in [9.17, 15) is 9.59 Å². The third-order valence-corrected chi connectivity index (χ3v) is 4.41. The first-order valence-corrected chi connectivity index (χ1v) is 6.87. The van der Waals surface area contributed by atoms with E-state index < -0.39 is 5.41 Å². The molecule has 1 aliphatic heterocycles. The quantitative estimate of drug-likeness (QED) is 0.871. The van der Waals surface area contributed by atoms with Crippen LogP contribution in [0.4, 0.5) is 5.13 Å². The van der Waals surface area contributed by atoms with Crippen LogP contribution in [-0.2, 0) is 9.59 Å². The highest BCUT2D eigenvalue weighted by molar-refractivity contribution is 7.17. The minimum absolute atomic E-state index is 0.0632. The van der Waals surface area contributed by atoms with Gasteiger partial charge in [-0.25, -0.2) is 4.98 Å². The van der Waals surface area contributed by atoms with Gasteiger partial charge in [0.2, 0.25) is 11.8 Å². The molecule has 1 unspecified atom stereocenters. The zero-order valence-corrected chi connectivity index (χ0v) is 12.0. The summed E-state index contributed by atoms with van der Waals surface area (Å²) in [6.07, 6.45) is 1.78. The fraction of sp³-hybridized carbons (Fsp3) is 0.583. The van der Waals surface area contributed by atoms with Crippen LogP contribution in [0.1, 0.15) is 20.3 Å². The predicted octanol–water partition coefficient (Wildman–Crippen LogP) is 1.25. The number of amides is 2. The summed E-state index contributed by atoms with van der Waals surface area (Å²) in [5.74, 6) is -0.188. The molecule has 0 aromatic carbocycles. The van der Waals surface area contributed by atoms with Gasteiger partial charge in [-0.05, 0) is 5.92 Å². The molecule has 7 heteroatoms. The molecule has 0 saturated carbocycles. The van der Waals surface area contributed by atoms with Crippen molar-refractivity contribution in [3.8, 4) is 5.06 Å². The molecule has 1 aromatic rings. The van der Waals surface area contributed by atoms with Crippen LogP contribution in [0.2, 0.25) is 0 Å². The van der Waals surface area contributed by atoms with Crippen molar-refractivity contribution in [1.82, 2.24) is 10.3 Å². The summed E-state index contributed by atoms with van der Waals surface area (Å²) < 4.78 is 5.03. The summed E-state index contributed by atoms with van der Waals surface area (Å²) in [7, 11) is 1.55. The molecule has 19 heavy (non-hydrogen) atoms. The van der Waals surface area contributed by atoms with Crippen LogP contribution in [0.5, 0.6) is 5.06 Å². The maximum Gasteiger partial charge on any atom is 0.234 e. The average Bonchev–Trinajstić information content (AvgIpc) is 2.96. The highest BCUT2D eigenvalue weighted by Gasteiger charge is 2.47. The monoisotopic (exact) mass is 283 g/mol. The fourth-order valence-electron chi connectivity index (χ4n) is 2.13. The Bertz CT molecular complexity index is 500. The van der Waals surface area contributed by atoms with Gasteiger partial charge in [-0.15, -0.1) is 0 Å². The molecule has 1 aromatic heterocycles. The number of rotatable bonds is 4. The number of nitrogens with zero attached hydrogens (tertiary/aromatic N) is 1. The SMILES string of the molecule is COc1cnc(NC(=O)C2(C(C)C)CNC(=O)C2)s1. The first-order chi connectivity index (χ1) is 8.98. The number of thiazole rings is 1. The summed E-state index contributed by atoms with van der Waals surface area (Å²) in [5, 5.41) is 6.63. The highest BCUT2D eigenvalue weighted by atomic mass is 32.1. The Morgan fingerprint density at radius 1 is 1.63 bits per heavy atom. The first kappa shape index (κ1) is 13.8. The van der Waals surface area contributed by atoms with Crippen molar-refractivity contribution < 1.29 is 14.3 Å². The molecule has 0 bridgehead atoms. The van der Waals surface area contributed by atoms with Crippen LogP contribution in [0.25, 0.3) is 0 Å². The van der Waals surface area contributed by atoms with Crippen molar-refractivity contribution >= 4 is 28.3 Å². The van der Waals surface area contributed by atoms with Gasteiger partial charge in [0.15, 0.2) is 10.2 Å². The molecule has 2 amide bonds. The molecule has 0 radical (unpaired) electrons. The molecule has 2 N–H and O–H groups in total. The van der Waals surface area contributed by atoms with Gasteiger partial charge in [0.1, 0.15) is 0 Å². The van der Waals surface area contributed by atoms with Crippen LogP contribution < -0.4 is 15.4 Å². The van der Waals surface area contributed by atoms with Crippen molar-refractivity contribution in [3.63, 3.8) is 0 Å². The largest absolute Gasteiger partial charge is 0.486 e. The lowest BCUT2D eigenvalue weighted by molar-refractivity contribution is -0.129. The van der Waals surface area contributed by atoms with E-state index in [0.717, 1.165) is 0 Å². The van der Waals surface area contributed by atoms with E-state index in [0.29, 0.717) is 16.7 Å². The zero-order chi connectivity index (χ0) is 14.0. The van der Waals surface area contributed by atoms with Crippen molar-refractivity contribution in [2.24, 2.45) is 11.3 Å². The molecule has 1 saturated heterocycles. The third-order valence-electron chi connectivity index (χ3n) is 3.54. The van der Waals surface area contributed by atoms with Crippen molar-refractivity contribution in [2.45, 2.75) is 20.3 Å². The number of hydrogen-bond acceptors (Lipinski definition) is 5. The van der Waals surface area contributed by atoms with E-state index in [1.165, 1.54) is 11.3 Å². The Hall–Kier alpha value is -1.63. The second kappa shape index (κ2) is 5.16. The Morgan fingerprint density at radius 2 is 2.37 bits per heavy atom. The predicted molar refractivity (Wildman–Crippen MR) is 72.2 cm³/mol. The van der Waals surface area contributed by atoms with Gasteiger partial charge in [0.05, 0.1) is 18.7 Å². The number of anilines is 1. The van der Waals surface area contributed by atoms with E-state index in [1.807, 2.05) is 13.8 Å². The zero-order valence-electron chi connectivity index (χ0n) is 11.1. The molecule has 2 rings (SSSR count). The van der Waals surface area contributed by atoms with E-state index >= 15 is 0 Å². The summed E-state index contributed by atoms with van der Waals surface area (Å²) in [5.41, 5.74) is -0.698. The average molecular weight is 283 g/mol. The van der Waals surface area contributed by atoms with Gasteiger partial charge in [-0.2, -0.15) is 0 Å². The second-order valence-electron chi connectivity index (χ2n) is 4.91. The van der Waals surface area contributed by atoms with Crippen LogP contribution in [-0.4, -0.2) is 30.5 Å². The van der Waals surface area contributed by atoms with Gasteiger partial charge in [0, 0.05) is 13.0 Å². The lowest BCUT2D eigenvalue weighted by Crippen LogP contribution is -2.42. The smallest absolute Gasteiger partial charge is 0.234 e. The molecule has 0 aliphatic carbocycles. The Labute approximate surface area is 115 Å². The molecule has 1 aliphatic rings. The van der Waals surface area contributed by atoms with Gasteiger partial charge >= 0.3 is 0 Å². The Morgan fingerprint density at radius 3 is 2.84 bits per heavy atom. The van der Waals surface area contributed by atoms with Crippen molar-refractivity contribution in [1.29, 1.82) is 0 Å². The van der Waals surface area contributed by atoms with Gasteiger partial charge < -0.3 is 15.4 Å². The number of aromatic nitrogens is 1. The number of carbonyl (C=O) groups is 2. The van der Waals surface area contributed by atoms with Gasteiger partial charge in [0.25, 0.3) is 0 Å². The van der Waals surface area contributed by atoms with E-state index in [1.54, 1.807) is 13.3 Å². The lowest BCUT2D eigenvalue weighted by Gasteiger charge is -2.29. The van der Waals surface area contributed by atoms with E-state index in [4.69, 9.17) is 4.74 Å². The summed E-state index contributed by atoms with van der Waals surface area (Å²) >= 11 is 1.26. The molecular formula is C12H17N3O3S. The van der Waals surface area contributed by atoms with Crippen LogP contribution in [0.15, 0.2) is 6.20 Å². The minimum Gasteiger partial charge on any atom is -0.486 e. The fourth-order valence-corrected chi connectivity index (χ4v) is 2.76. The molecular weight excluding hydrogens is 266 g/mol. The summed E-state index contributed by atoms with van der Waals surface area (Å²) in [6.45, 7) is 4.27. The molecule has 1 fully saturated rings. The van der Waals surface area contributed by atoms with Gasteiger partial charge in [-0.3, -0.25) is 9.59 Å². The number of carbonyl (C=O) groups excluding carboxylic acids is 2. The third kappa shape index (κ3) is 2.56. The number of methoxy groups -OCH3 is 1. The van der Waals surface area contributed by atoms with Crippen molar-refractivity contribution in [3.05, 3.63) is 6.20 Å². The Balaban J connectivity index is 2.15. The topological polar surface area (TPSA) is 80.3 Å². The minimum atomic E-state index is -0.698. The molecule has 1 atom stereocenters. The lowest BCUT2D eigenvalue weighted by atomic mass is 9.75. The van der Waals surface area contributed by atoms with Crippen LogP contribution in [0, 0.1) is 11.3 Å². The first-order valence-electron chi connectivity index (χ1n) is 6.06. The second-order valence-corrected chi connectivity index (χ2v) is 5.90. The standard InChI is InChI=1S/C12H17N3O3S/c1-7(2)12(4-8(16)14-6-12)10(17)15-11-13-5-9(18-3)19-11/h5,7H,4,6H2,1-3H3,(H,14,16)(H,13,15,17). The van der Waals surface area contributed by atoms with E-state index in [2.05, 4.69) is 15.6 Å². The highest BCUT2D eigenvalue weighted by Crippen LogP contribution is 2.36. The van der Waals surface area contributed by atoms with Crippen LogP contribution >= 0.6 is 11.3 Å². The molecule has 104 valence electrons. The molecule has 2 heterocycles. The number of ether oxygens (including phenoxy) is 1. The normalized spacial score (nSPS) is 22.4. The number of hydrogen-bond donors (Lipinski definition) is 2. The maximum atomic E-state index is 12.4. The molecule has 6 nitrogen and oxygen atoms in total. The Kier molecular flexibility index (Phi) is 3.75. The summed E-state index contributed by atoms with van der Waals surface area (Å²) in [6, 6.07) is 0. The van der Waals surface area contributed by atoms with E-state index in [-0.39, 0.29) is 24.2 Å². The van der Waals surface area contributed by atoms with Gasteiger partial charge in [-0.1, -0.05) is 25.2 Å². The number of nitrogens with one attached hydrogen (secondary N) is 2. The summed E-state index contributed by atoms with van der Waals surface area (Å²) in [4.78, 5) is 28.0. The van der Waals surface area contributed by atoms with Crippen LogP contribution in [0.3, 0.4) is 0 Å². The maximum absolute atomic E-state index is 12.4.